The molecule has 0 saturated heterocycles. The van der Waals surface area contributed by atoms with Crippen LogP contribution in [-0.4, -0.2) is 16.7 Å². The first-order chi connectivity index (χ1) is 10.1. The van der Waals surface area contributed by atoms with Gasteiger partial charge in [-0.05, 0) is 31.9 Å². The van der Waals surface area contributed by atoms with Crippen molar-refractivity contribution in [3.63, 3.8) is 0 Å². The summed E-state index contributed by atoms with van der Waals surface area (Å²) in [4.78, 5) is 11.5. The number of hydrogen-bond acceptors (Lipinski definition) is 2. The average Bonchev–Trinajstić information content (AvgIpc) is 2.47. The predicted molar refractivity (Wildman–Crippen MR) is 85.7 cm³/mol. The number of carboxylic acids is 1. The summed E-state index contributed by atoms with van der Waals surface area (Å²) in [5.74, 6) is -0.275. The molecule has 0 saturated carbocycles. The first kappa shape index (κ1) is 17.5. The first-order valence-electron chi connectivity index (χ1n) is 8.06. The van der Waals surface area contributed by atoms with Gasteiger partial charge in [0.25, 0.3) is 0 Å². The standard InChI is InChI=1S/C18H28O3/c1-3-4-5-6-7-8-12-15-18(2,17(19)20)21-16-13-10-9-11-14-16/h9-11,13-14H,3-8,12,15H2,1-2H3,(H,19,20). The Morgan fingerprint density at radius 3 is 2.19 bits per heavy atom. The van der Waals surface area contributed by atoms with Gasteiger partial charge in [-0.15, -0.1) is 0 Å². The molecule has 21 heavy (non-hydrogen) atoms. The van der Waals surface area contributed by atoms with Crippen LogP contribution < -0.4 is 4.74 Å². The molecule has 118 valence electrons. The molecule has 0 aliphatic heterocycles. The highest BCUT2D eigenvalue weighted by atomic mass is 16.5. The van der Waals surface area contributed by atoms with Gasteiger partial charge in [0.15, 0.2) is 0 Å². The molecule has 0 spiro atoms. The molecule has 1 N–H and O–H groups in total. The fourth-order valence-corrected chi connectivity index (χ4v) is 2.37. The summed E-state index contributed by atoms with van der Waals surface area (Å²) in [7, 11) is 0. The second kappa shape index (κ2) is 9.43. The number of hydrogen-bond donors (Lipinski definition) is 1. The molecule has 0 bridgehead atoms. The largest absolute Gasteiger partial charge is 0.478 e. The third-order valence-corrected chi connectivity index (χ3v) is 3.80. The van der Waals surface area contributed by atoms with Crippen molar-refractivity contribution in [2.24, 2.45) is 0 Å². The van der Waals surface area contributed by atoms with Crippen molar-refractivity contribution in [1.82, 2.24) is 0 Å². The van der Waals surface area contributed by atoms with Crippen molar-refractivity contribution in [3.8, 4) is 5.75 Å². The van der Waals surface area contributed by atoms with Gasteiger partial charge in [-0.1, -0.05) is 63.6 Å². The number of aliphatic carboxylic acids is 1. The van der Waals surface area contributed by atoms with Gasteiger partial charge in [0, 0.05) is 0 Å². The molecule has 0 aromatic heterocycles. The summed E-state index contributed by atoms with van der Waals surface area (Å²) < 4.78 is 5.71. The zero-order valence-corrected chi connectivity index (χ0v) is 13.3. The van der Waals surface area contributed by atoms with E-state index in [1.165, 1.54) is 32.1 Å². The van der Waals surface area contributed by atoms with Crippen LogP contribution in [0.25, 0.3) is 0 Å². The third-order valence-electron chi connectivity index (χ3n) is 3.80. The van der Waals surface area contributed by atoms with Crippen molar-refractivity contribution in [2.75, 3.05) is 0 Å². The highest BCUT2D eigenvalue weighted by Crippen LogP contribution is 2.24. The number of para-hydroxylation sites is 1. The number of rotatable bonds is 11. The molecule has 1 aromatic rings. The van der Waals surface area contributed by atoms with Crippen LogP contribution in [0.15, 0.2) is 30.3 Å². The van der Waals surface area contributed by atoms with Gasteiger partial charge in [0.1, 0.15) is 5.75 Å². The van der Waals surface area contributed by atoms with E-state index in [4.69, 9.17) is 4.74 Å². The Bertz CT molecular complexity index is 402. The van der Waals surface area contributed by atoms with E-state index in [0.717, 1.165) is 12.8 Å². The van der Waals surface area contributed by atoms with Crippen molar-refractivity contribution < 1.29 is 14.6 Å². The summed E-state index contributed by atoms with van der Waals surface area (Å²) >= 11 is 0. The number of ether oxygens (including phenoxy) is 1. The fourth-order valence-electron chi connectivity index (χ4n) is 2.37. The Morgan fingerprint density at radius 1 is 1.05 bits per heavy atom. The third kappa shape index (κ3) is 6.65. The lowest BCUT2D eigenvalue weighted by atomic mass is 9.97. The highest BCUT2D eigenvalue weighted by molar-refractivity contribution is 5.77. The van der Waals surface area contributed by atoms with Crippen LogP contribution >= 0.6 is 0 Å². The van der Waals surface area contributed by atoms with Gasteiger partial charge in [0.2, 0.25) is 5.60 Å². The lowest BCUT2D eigenvalue weighted by Gasteiger charge is -2.26. The van der Waals surface area contributed by atoms with Crippen LogP contribution in [0.1, 0.15) is 65.2 Å². The molecule has 0 radical (unpaired) electrons. The number of carboxylic acid groups (broad SMARTS) is 1. The van der Waals surface area contributed by atoms with Crippen molar-refractivity contribution >= 4 is 5.97 Å². The summed E-state index contributed by atoms with van der Waals surface area (Å²) in [6.07, 6.45) is 8.77. The van der Waals surface area contributed by atoms with E-state index in [1.54, 1.807) is 19.1 Å². The van der Waals surface area contributed by atoms with Gasteiger partial charge >= 0.3 is 5.97 Å². The number of benzene rings is 1. The van der Waals surface area contributed by atoms with E-state index < -0.39 is 11.6 Å². The summed E-state index contributed by atoms with van der Waals surface area (Å²) in [5, 5.41) is 9.44. The molecule has 3 heteroatoms. The zero-order chi connectivity index (χ0) is 15.6. The minimum Gasteiger partial charge on any atom is -0.478 e. The van der Waals surface area contributed by atoms with Gasteiger partial charge in [-0.2, -0.15) is 0 Å². The lowest BCUT2D eigenvalue weighted by Crippen LogP contribution is -2.41. The van der Waals surface area contributed by atoms with Crippen LogP contribution in [0.4, 0.5) is 0 Å². The Balaban J connectivity index is 2.37. The Kier molecular flexibility index (Phi) is 7.88. The van der Waals surface area contributed by atoms with E-state index >= 15 is 0 Å². The Hall–Kier alpha value is -1.51. The van der Waals surface area contributed by atoms with Crippen LogP contribution in [0.2, 0.25) is 0 Å². The second-order valence-corrected chi connectivity index (χ2v) is 5.82. The first-order valence-corrected chi connectivity index (χ1v) is 8.06. The second-order valence-electron chi connectivity index (χ2n) is 5.82. The van der Waals surface area contributed by atoms with Gasteiger partial charge in [0.05, 0.1) is 0 Å². The van der Waals surface area contributed by atoms with Crippen molar-refractivity contribution in [3.05, 3.63) is 30.3 Å². The van der Waals surface area contributed by atoms with Gasteiger partial charge in [-0.3, -0.25) is 0 Å². The van der Waals surface area contributed by atoms with Crippen LogP contribution in [0, 0.1) is 0 Å². The topological polar surface area (TPSA) is 46.5 Å². The average molecular weight is 292 g/mol. The molecule has 1 aromatic carbocycles. The molecule has 0 fully saturated rings. The molecule has 0 amide bonds. The molecule has 1 unspecified atom stereocenters. The Labute approximate surface area is 128 Å². The quantitative estimate of drug-likeness (QED) is 0.580. The van der Waals surface area contributed by atoms with Crippen LogP contribution in [0.3, 0.4) is 0 Å². The summed E-state index contributed by atoms with van der Waals surface area (Å²) in [5.41, 5.74) is -1.13. The van der Waals surface area contributed by atoms with Crippen molar-refractivity contribution in [1.29, 1.82) is 0 Å². The van der Waals surface area contributed by atoms with E-state index in [0.29, 0.717) is 12.2 Å². The minimum absolute atomic E-state index is 0.547. The van der Waals surface area contributed by atoms with E-state index in [2.05, 4.69) is 6.92 Å². The number of carbonyl (C=O) groups is 1. The fraction of sp³-hybridized carbons (Fsp3) is 0.611. The molecule has 0 heterocycles. The van der Waals surface area contributed by atoms with Gasteiger partial charge in [-0.25, -0.2) is 4.79 Å². The van der Waals surface area contributed by atoms with E-state index in [9.17, 15) is 9.90 Å². The number of unbranched alkanes of at least 4 members (excludes halogenated alkanes) is 6. The molecular formula is C18H28O3. The maximum absolute atomic E-state index is 11.5. The maximum atomic E-state index is 11.5. The summed E-state index contributed by atoms with van der Waals surface area (Å²) in [6, 6.07) is 9.19. The SMILES string of the molecule is CCCCCCCCCC(C)(Oc1ccccc1)C(=O)O. The molecule has 0 aliphatic carbocycles. The smallest absolute Gasteiger partial charge is 0.347 e. The minimum atomic E-state index is -1.13. The monoisotopic (exact) mass is 292 g/mol. The molecular weight excluding hydrogens is 264 g/mol. The molecule has 0 aliphatic rings. The Morgan fingerprint density at radius 2 is 1.62 bits per heavy atom. The maximum Gasteiger partial charge on any atom is 0.347 e. The molecule has 3 nitrogen and oxygen atoms in total. The molecule has 1 rings (SSSR count). The van der Waals surface area contributed by atoms with Crippen molar-refractivity contribution in [2.45, 2.75) is 70.8 Å². The van der Waals surface area contributed by atoms with Crippen LogP contribution in [0.5, 0.6) is 5.75 Å². The molecule has 1 atom stereocenters. The normalized spacial score (nSPS) is 13.6. The van der Waals surface area contributed by atoms with Gasteiger partial charge < -0.3 is 9.84 Å². The lowest BCUT2D eigenvalue weighted by molar-refractivity contribution is -0.154. The van der Waals surface area contributed by atoms with E-state index in [1.807, 2.05) is 18.2 Å². The van der Waals surface area contributed by atoms with Crippen LogP contribution in [-0.2, 0) is 4.79 Å². The van der Waals surface area contributed by atoms with E-state index in [-0.39, 0.29) is 0 Å². The highest BCUT2D eigenvalue weighted by Gasteiger charge is 2.34. The predicted octanol–water partition coefficient (Wildman–Crippen LogP) is 5.05. The zero-order valence-electron chi connectivity index (χ0n) is 13.3. The summed E-state index contributed by atoms with van der Waals surface area (Å²) in [6.45, 7) is 3.87.